The van der Waals surface area contributed by atoms with Gasteiger partial charge in [-0.1, -0.05) is 20.8 Å². The fourth-order valence-electron chi connectivity index (χ4n) is 3.02. The van der Waals surface area contributed by atoms with Crippen molar-refractivity contribution in [2.45, 2.75) is 66.0 Å². The Balaban J connectivity index is 2.03. The lowest BCUT2D eigenvalue weighted by atomic mass is 9.75. The van der Waals surface area contributed by atoms with Crippen LogP contribution in [-0.4, -0.2) is 29.6 Å². The van der Waals surface area contributed by atoms with Crippen molar-refractivity contribution in [3.8, 4) is 0 Å². The highest BCUT2D eigenvalue weighted by molar-refractivity contribution is 5.33. The van der Waals surface area contributed by atoms with E-state index in [0.29, 0.717) is 11.5 Å². The van der Waals surface area contributed by atoms with Crippen LogP contribution in [0.5, 0.6) is 0 Å². The van der Waals surface area contributed by atoms with Gasteiger partial charge in [0.25, 0.3) is 0 Å². The van der Waals surface area contributed by atoms with Gasteiger partial charge in [-0.15, -0.1) is 0 Å². The monoisotopic (exact) mass is 290 g/mol. The topological polar surface area (TPSA) is 41.1 Å². The normalized spacial score (nSPS) is 18.7. The summed E-state index contributed by atoms with van der Waals surface area (Å²) in [5.41, 5.74) is 2.78. The fraction of sp³-hybridized carbons (Fsp3) is 0.765. The molecule has 0 aliphatic heterocycles. The molecule has 0 atom stereocenters. The molecule has 0 spiro atoms. The Morgan fingerprint density at radius 1 is 1.33 bits per heavy atom. The Hall–Kier alpha value is -1.16. The van der Waals surface area contributed by atoms with Crippen molar-refractivity contribution >= 4 is 5.95 Å². The smallest absolute Gasteiger partial charge is 0.225 e. The van der Waals surface area contributed by atoms with E-state index in [1.807, 2.05) is 6.20 Å². The second-order valence-corrected chi connectivity index (χ2v) is 7.07. The highest BCUT2D eigenvalue weighted by Crippen LogP contribution is 2.37. The van der Waals surface area contributed by atoms with Crippen molar-refractivity contribution in [1.29, 1.82) is 0 Å². The summed E-state index contributed by atoms with van der Waals surface area (Å²) in [5, 5.41) is 3.33. The zero-order valence-corrected chi connectivity index (χ0v) is 14.2. The number of rotatable bonds is 5. The summed E-state index contributed by atoms with van der Waals surface area (Å²) >= 11 is 0. The van der Waals surface area contributed by atoms with Gasteiger partial charge in [0.2, 0.25) is 5.95 Å². The van der Waals surface area contributed by atoms with Crippen molar-refractivity contribution in [1.82, 2.24) is 15.3 Å². The van der Waals surface area contributed by atoms with Gasteiger partial charge in [0.1, 0.15) is 0 Å². The molecule has 1 fully saturated rings. The summed E-state index contributed by atoms with van der Waals surface area (Å²) in [6.45, 7) is 10.8. The average Bonchev–Trinajstić information content (AvgIpc) is 2.45. The van der Waals surface area contributed by atoms with E-state index < -0.39 is 0 Å². The minimum atomic E-state index is 0.504. The number of aromatic nitrogens is 2. The summed E-state index contributed by atoms with van der Waals surface area (Å²) in [4.78, 5) is 11.6. The Labute approximate surface area is 129 Å². The maximum absolute atomic E-state index is 4.71. The van der Waals surface area contributed by atoms with Crippen LogP contribution in [0.3, 0.4) is 0 Å². The molecule has 0 unspecified atom stereocenters. The Kier molecular flexibility index (Phi) is 5.20. The minimum absolute atomic E-state index is 0.504. The van der Waals surface area contributed by atoms with Crippen LogP contribution in [0.4, 0.5) is 5.95 Å². The van der Waals surface area contributed by atoms with E-state index in [4.69, 9.17) is 4.98 Å². The third kappa shape index (κ3) is 4.16. The van der Waals surface area contributed by atoms with Gasteiger partial charge in [-0.3, -0.25) is 0 Å². The van der Waals surface area contributed by atoms with Crippen LogP contribution in [0.1, 0.15) is 57.7 Å². The highest BCUT2D eigenvalue weighted by atomic mass is 15.3. The van der Waals surface area contributed by atoms with Crippen LogP contribution in [0, 0.1) is 12.3 Å². The molecule has 1 aromatic heterocycles. The number of hydrogen-bond acceptors (Lipinski definition) is 4. The van der Waals surface area contributed by atoms with E-state index in [1.165, 1.54) is 31.2 Å². The average molecular weight is 290 g/mol. The van der Waals surface area contributed by atoms with Crippen LogP contribution >= 0.6 is 0 Å². The molecule has 1 saturated carbocycles. The van der Waals surface area contributed by atoms with Gasteiger partial charge < -0.3 is 10.2 Å². The molecular weight excluding hydrogens is 260 g/mol. The lowest BCUT2D eigenvalue weighted by molar-refractivity contribution is 0.222. The van der Waals surface area contributed by atoms with Gasteiger partial charge in [-0.2, -0.15) is 0 Å². The third-order valence-electron chi connectivity index (χ3n) is 4.81. The molecule has 1 heterocycles. The minimum Gasteiger partial charge on any atom is -0.341 e. The van der Waals surface area contributed by atoms with Crippen LogP contribution < -0.4 is 10.2 Å². The summed E-state index contributed by atoms with van der Waals surface area (Å²) in [6.07, 6.45) is 7.04. The van der Waals surface area contributed by atoms with Gasteiger partial charge in [0.05, 0.1) is 0 Å². The predicted octanol–water partition coefficient (Wildman–Crippen LogP) is 3.30. The van der Waals surface area contributed by atoms with Crippen molar-refractivity contribution in [3.63, 3.8) is 0 Å². The Morgan fingerprint density at radius 3 is 2.57 bits per heavy atom. The van der Waals surface area contributed by atoms with Gasteiger partial charge in [-0.05, 0) is 44.6 Å². The molecule has 21 heavy (non-hydrogen) atoms. The zero-order chi connectivity index (χ0) is 15.5. The first-order valence-corrected chi connectivity index (χ1v) is 8.19. The van der Waals surface area contributed by atoms with Crippen molar-refractivity contribution in [2.24, 2.45) is 5.41 Å². The van der Waals surface area contributed by atoms with Gasteiger partial charge in [-0.25, -0.2) is 9.97 Å². The molecular formula is C17H30N4. The van der Waals surface area contributed by atoms with E-state index in [1.54, 1.807) is 0 Å². The van der Waals surface area contributed by atoms with Crippen LogP contribution in [0.15, 0.2) is 6.20 Å². The molecule has 0 amide bonds. The largest absolute Gasteiger partial charge is 0.341 e. The van der Waals surface area contributed by atoms with E-state index in [0.717, 1.165) is 24.7 Å². The zero-order valence-electron chi connectivity index (χ0n) is 14.2. The SMILES string of the molecule is CCNCc1cnc(N(C)C2CCC(C)(C)CC2)nc1C. The maximum atomic E-state index is 4.71. The molecule has 1 aliphatic rings. The van der Waals surface area contributed by atoms with E-state index in [2.05, 4.69) is 49.9 Å². The summed E-state index contributed by atoms with van der Waals surface area (Å²) in [7, 11) is 2.14. The standard InChI is InChI=1S/C17H30N4/c1-6-18-11-14-12-19-16(20-13(14)2)21(5)15-7-9-17(3,4)10-8-15/h12,15,18H,6-11H2,1-5H3. The Morgan fingerprint density at radius 2 is 2.00 bits per heavy atom. The quantitative estimate of drug-likeness (QED) is 0.903. The third-order valence-corrected chi connectivity index (χ3v) is 4.81. The number of hydrogen-bond donors (Lipinski definition) is 1. The molecule has 4 heteroatoms. The number of nitrogens with one attached hydrogen (secondary N) is 1. The van der Waals surface area contributed by atoms with Crippen molar-refractivity contribution in [3.05, 3.63) is 17.5 Å². The predicted molar refractivity (Wildman–Crippen MR) is 88.6 cm³/mol. The summed E-state index contributed by atoms with van der Waals surface area (Å²) < 4.78 is 0. The Bertz CT molecular complexity index is 460. The first-order valence-electron chi connectivity index (χ1n) is 8.19. The van der Waals surface area contributed by atoms with Crippen LogP contribution in [0.25, 0.3) is 0 Å². The van der Waals surface area contributed by atoms with Crippen LogP contribution in [0.2, 0.25) is 0 Å². The molecule has 1 aromatic rings. The number of anilines is 1. The highest BCUT2D eigenvalue weighted by Gasteiger charge is 2.29. The van der Waals surface area contributed by atoms with Crippen LogP contribution in [-0.2, 0) is 6.54 Å². The molecule has 1 N–H and O–H groups in total. The second kappa shape index (κ2) is 6.73. The first kappa shape index (κ1) is 16.2. The number of nitrogens with zero attached hydrogens (tertiary/aromatic N) is 3. The molecule has 0 bridgehead atoms. The molecule has 1 aliphatic carbocycles. The van der Waals surface area contributed by atoms with E-state index in [9.17, 15) is 0 Å². The lowest BCUT2D eigenvalue weighted by Crippen LogP contribution is -2.38. The molecule has 0 radical (unpaired) electrons. The molecule has 118 valence electrons. The summed E-state index contributed by atoms with van der Waals surface area (Å²) in [6, 6.07) is 0.581. The van der Waals surface area contributed by atoms with Crippen molar-refractivity contribution in [2.75, 3.05) is 18.5 Å². The van der Waals surface area contributed by atoms with Gasteiger partial charge in [0, 0.05) is 37.1 Å². The number of aryl methyl sites for hydroxylation is 1. The fourth-order valence-corrected chi connectivity index (χ4v) is 3.02. The van der Waals surface area contributed by atoms with Crippen molar-refractivity contribution < 1.29 is 0 Å². The molecule has 0 aromatic carbocycles. The van der Waals surface area contributed by atoms with E-state index in [-0.39, 0.29) is 0 Å². The molecule has 4 nitrogen and oxygen atoms in total. The maximum Gasteiger partial charge on any atom is 0.225 e. The van der Waals surface area contributed by atoms with Gasteiger partial charge >= 0.3 is 0 Å². The second-order valence-electron chi connectivity index (χ2n) is 7.07. The lowest BCUT2D eigenvalue weighted by Gasteiger charge is -2.38. The molecule has 2 rings (SSSR count). The first-order chi connectivity index (χ1) is 9.93. The summed E-state index contributed by atoms with van der Waals surface area (Å²) in [5.74, 6) is 0.873. The molecule has 0 saturated heterocycles. The van der Waals surface area contributed by atoms with E-state index >= 15 is 0 Å². The van der Waals surface area contributed by atoms with Gasteiger partial charge in [0.15, 0.2) is 0 Å².